The molecule has 4 bridgehead atoms. The number of nitrogens with two attached hydrogens (primary N) is 1. The molecular weight excluding hydrogens is 236 g/mol. The molecule has 4 aliphatic carbocycles. The molecule has 2 N–H and O–H groups in total. The van der Waals surface area contributed by atoms with Gasteiger partial charge >= 0.3 is 0 Å². The average molecular weight is 260 g/mol. The first-order valence-corrected chi connectivity index (χ1v) is 7.87. The zero-order chi connectivity index (χ0) is 12.9. The van der Waals surface area contributed by atoms with Crippen molar-refractivity contribution in [1.29, 1.82) is 0 Å². The van der Waals surface area contributed by atoms with E-state index in [0.29, 0.717) is 5.41 Å². The molecule has 0 aromatic carbocycles. The van der Waals surface area contributed by atoms with E-state index in [4.69, 9.17) is 5.73 Å². The Morgan fingerprint density at radius 1 is 1.16 bits per heavy atom. The Balaban J connectivity index is 1.66. The summed E-state index contributed by atoms with van der Waals surface area (Å²) < 4.78 is 2.29. The van der Waals surface area contributed by atoms with Gasteiger partial charge in [0.25, 0.3) is 0 Å². The van der Waals surface area contributed by atoms with E-state index in [-0.39, 0.29) is 0 Å². The molecule has 104 valence electrons. The second-order valence-corrected chi connectivity index (χ2v) is 7.19. The molecule has 4 nitrogen and oxygen atoms in total. The summed E-state index contributed by atoms with van der Waals surface area (Å²) in [6.07, 6.45) is 11.5. The fourth-order valence-corrected chi connectivity index (χ4v) is 5.48. The normalized spacial score (nSPS) is 39.9. The molecule has 4 heteroatoms. The van der Waals surface area contributed by atoms with Crippen molar-refractivity contribution in [3.05, 3.63) is 12.2 Å². The van der Waals surface area contributed by atoms with E-state index in [1.807, 2.05) is 6.33 Å². The summed E-state index contributed by atoms with van der Waals surface area (Å²) in [6, 6.07) is 0. The van der Waals surface area contributed by atoms with Gasteiger partial charge in [-0.25, -0.2) is 0 Å². The van der Waals surface area contributed by atoms with Crippen LogP contribution in [0, 0.1) is 17.8 Å². The summed E-state index contributed by atoms with van der Waals surface area (Å²) in [6.45, 7) is 1.74. The number of nitrogens with zero attached hydrogens (tertiary/aromatic N) is 3. The molecule has 5 rings (SSSR count). The zero-order valence-corrected chi connectivity index (χ0v) is 11.6. The van der Waals surface area contributed by atoms with Crippen molar-refractivity contribution in [2.24, 2.45) is 23.5 Å². The predicted molar refractivity (Wildman–Crippen MR) is 73.5 cm³/mol. The van der Waals surface area contributed by atoms with E-state index >= 15 is 0 Å². The quantitative estimate of drug-likeness (QED) is 0.902. The second-order valence-electron chi connectivity index (χ2n) is 7.19. The van der Waals surface area contributed by atoms with Crippen LogP contribution < -0.4 is 5.73 Å². The highest BCUT2D eigenvalue weighted by atomic mass is 15.3. The van der Waals surface area contributed by atoms with Gasteiger partial charge in [0.15, 0.2) is 0 Å². The lowest BCUT2D eigenvalue weighted by atomic mass is 9.49. The maximum atomic E-state index is 5.65. The van der Waals surface area contributed by atoms with Crippen LogP contribution in [-0.2, 0) is 12.0 Å². The van der Waals surface area contributed by atoms with Gasteiger partial charge in [-0.2, -0.15) is 0 Å². The molecule has 1 aromatic rings. The SMILES string of the molecule is NCCCn1cnnc1C12CC3CC(CC(C3)C1)C2. The minimum absolute atomic E-state index is 0.361. The lowest BCUT2D eigenvalue weighted by Crippen LogP contribution is -2.49. The Morgan fingerprint density at radius 3 is 2.37 bits per heavy atom. The van der Waals surface area contributed by atoms with Crippen molar-refractivity contribution >= 4 is 0 Å². The summed E-state index contributed by atoms with van der Waals surface area (Å²) in [5, 5.41) is 8.74. The summed E-state index contributed by atoms with van der Waals surface area (Å²) >= 11 is 0. The lowest BCUT2D eigenvalue weighted by Gasteiger charge is -2.56. The van der Waals surface area contributed by atoms with Crippen molar-refractivity contribution in [2.75, 3.05) is 6.54 Å². The molecule has 0 radical (unpaired) electrons. The highest BCUT2D eigenvalue weighted by Crippen LogP contribution is 2.60. The third kappa shape index (κ3) is 1.83. The number of hydrogen-bond acceptors (Lipinski definition) is 3. The van der Waals surface area contributed by atoms with Gasteiger partial charge in [-0.1, -0.05) is 0 Å². The average Bonchev–Trinajstić information content (AvgIpc) is 2.83. The molecule has 19 heavy (non-hydrogen) atoms. The second kappa shape index (κ2) is 4.30. The van der Waals surface area contributed by atoms with Crippen LogP contribution in [0.1, 0.15) is 50.8 Å². The van der Waals surface area contributed by atoms with Gasteiger partial charge in [0.05, 0.1) is 0 Å². The van der Waals surface area contributed by atoms with Gasteiger partial charge in [0.2, 0.25) is 0 Å². The molecule has 0 unspecified atom stereocenters. The Morgan fingerprint density at radius 2 is 1.79 bits per heavy atom. The fraction of sp³-hybridized carbons (Fsp3) is 0.867. The molecule has 0 saturated heterocycles. The largest absolute Gasteiger partial charge is 0.330 e. The van der Waals surface area contributed by atoms with E-state index in [0.717, 1.165) is 37.3 Å². The topological polar surface area (TPSA) is 56.7 Å². The van der Waals surface area contributed by atoms with Gasteiger partial charge in [-0.15, -0.1) is 10.2 Å². The maximum Gasteiger partial charge on any atom is 0.139 e. The van der Waals surface area contributed by atoms with E-state index in [9.17, 15) is 0 Å². The lowest BCUT2D eigenvalue weighted by molar-refractivity contribution is -0.0112. The molecule has 0 aliphatic heterocycles. The Hall–Kier alpha value is -0.900. The van der Waals surface area contributed by atoms with Crippen molar-refractivity contribution in [3.8, 4) is 0 Å². The maximum absolute atomic E-state index is 5.65. The van der Waals surface area contributed by atoms with Crippen LogP contribution in [-0.4, -0.2) is 21.3 Å². The third-order valence-corrected chi connectivity index (χ3v) is 5.73. The highest BCUT2D eigenvalue weighted by molar-refractivity contribution is 5.17. The number of aryl methyl sites for hydroxylation is 1. The molecule has 4 fully saturated rings. The fourth-order valence-electron chi connectivity index (χ4n) is 5.48. The van der Waals surface area contributed by atoms with Crippen molar-refractivity contribution in [1.82, 2.24) is 14.8 Å². The first kappa shape index (κ1) is 11.9. The predicted octanol–water partition coefficient (Wildman–Crippen LogP) is 2.09. The van der Waals surface area contributed by atoms with Crippen LogP contribution in [0.15, 0.2) is 6.33 Å². The highest BCUT2D eigenvalue weighted by Gasteiger charge is 2.53. The van der Waals surface area contributed by atoms with Crippen LogP contribution in [0.5, 0.6) is 0 Å². The molecule has 4 aliphatic rings. The minimum Gasteiger partial charge on any atom is -0.330 e. The molecule has 4 saturated carbocycles. The Bertz CT molecular complexity index is 429. The van der Waals surface area contributed by atoms with Crippen LogP contribution >= 0.6 is 0 Å². The van der Waals surface area contributed by atoms with Crippen LogP contribution in [0.2, 0.25) is 0 Å². The van der Waals surface area contributed by atoms with E-state index in [1.54, 1.807) is 0 Å². The Kier molecular flexibility index (Phi) is 2.69. The number of aromatic nitrogens is 3. The number of rotatable bonds is 4. The van der Waals surface area contributed by atoms with E-state index < -0.39 is 0 Å². The van der Waals surface area contributed by atoms with E-state index in [2.05, 4.69) is 14.8 Å². The summed E-state index contributed by atoms with van der Waals surface area (Å²) in [5.74, 6) is 4.17. The van der Waals surface area contributed by atoms with Crippen LogP contribution in [0.4, 0.5) is 0 Å². The molecule has 1 heterocycles. The minimum atomic E-state index is 0.361. The first-order valence-electron chi connectivity index (χ1n) is 7.87. The standard InChI is InChI=1S/C15H24N4/c16-2-1-3-19-10-17-18-14(19)15-7-11-4-12(8-15)6-13(5-11)9-15/h10-13H,1-9,16H2. The first-order chi connectivity index (χ1) is 9.29. The van der Waals surface area contributed by atoms with Crippen molar-refractivity contribution in [2.45, 2.75) is 56.9 Å². The molecular formula is C15H24N4. The summed E-state index contributed by atoms with van der Waals surface area (Å²) in [4.78, 5) is 0. The van der Waals surface area contributed by atoms with Gasteiger partial charge in [0, 0.05) is 12.0 Å². The third-order valence-electron chi connectivity index (χ3n) is 5.73. The molecule has 0 amide bonds. The molecule has 1 aromatic heterocycles. The van der Waals surface area contributed by atoms with Crippen molar-refractivity contribution < 1.29 is 0 Å². The van der Waals surface area contributed by atoms with Gasteiger partial charge < -0.3 is 10.3 Å². The van der Waals surface area contributed by atoms with Crippen LogP contribution in [0.3, 0.4) is 0 Å². The molecule has 0 atom stereocenters. The zero-order valence-electron chi connectivity index (χ0n) is 11.6. The summed E-state index contributed by atoms with van der Waals surface area (Å²) in [5.41, 5.74) is 6.01. The van der Waals surface area contributed by atoms with Crippen LogP contribution in [0.25, 0.3) is 0 Å². The smallest absolute Gasteiger partial charge is 0.139 e. The van der Waals surface area contributed by atoms with Gasteiger partial charge in [-0.05, 0) is 69.2 Å². The molecule has 0 spiro atoms. The monoisotopic (exact) mass is 260 g/mol. The summed E-state index contributed by atoms with van der Waals surface area (Å²) in [7, 11) is 0. The number of hydrogen-bond donors (Lipinski definition) is 1. The van der Waals surface area contributed by atoms with Gasteiger partial charge in [-0.3, -0.25) is 0 Å². The van der Waals surface area contributed by atoms with Gasteiger partial charge in [0.1, 0.15) is 12.2 Å². The van der Waals surface area contributed by atoms with E-state index in [1.165, 1.54) is 44.3 Å². The van der Waals surface area contributed by atoms with Crippen molar-refractivity contribution in [3.63, 3.8) is 0 Å². The Labute approximate surface area is 114 Å².